The molecule has 3 nitrogen and oxygen atoms in total. The number of ether oxygens (including phenoxy) is 1. The van der Waals surface area contributed by atoms with Crippen molar-refractivity contribution in [3.8, 4) is 5.75 Å². The number of aryl methyl sites for hydroxylation is 1. The first-order valence-corrected chi connectivity index (χ1v) is 10.1. The summed E-state index contributed by atoms with van der Waals surface area (Å²) in [5.41, 5.74) is 3.62. The van der Waals surface area contributed by atoms with Gasteiger partial charge in [-0.15, -0.1) is 0 Å². The van der Waals surface area contributed by atoms with Crippen LogP contribution in [0.25, 0.3) is 0 Å². The molecule has 0 radical (unpaired) electrons. The maximum absolute atomic E-state index is 11.4. The summed E-state index contributed by atoms with van der Waals surface area (Å²) in [6.07, 6.45) is 7.98. The van der Waals surface area contributed by atoms with Crippen molar-refractivity contribution in [1.29, 1.82) is 0 Å². The minimum atomic E-state index is -0.956. The lowest BCUT2D eigenvalue weighted by molar-refractivity contribution is 0.0691. The molecule has 1 N–H and O–H groups in total. The molecule has 1 saturated carbocycles. The molecular formula is C24H30O3. The second kappa shape index (κ2) is 9.07. The van der Waals surface area contributed by atoms with E-state index in [1.54, 1.807) is 12.1 Å². The van der Waals surface area contributed by atoms with Crippen LogP contribution in [0, 0.1) is 12.8 Å². The maximum atomic E-state index is 11.4. The summed E-state index contributed by atoms with van der Waals surface area (Å²) < 4.78 is 5.78. The first-order valence-electron chi connectivity index (χ1n) is 10.1. The van der Waals surface area contributed by atoms with Crippen LogP contribution in [0.1, 0.15) is 78.4 Å². The molecule has 0 aromatic heterocycles. The van der Waals surface area contributed by atoms with Crippen LogP contribution in [0.4, 0.5) is 0 Å². The van der Waals surface area contributed by atoms with Crippen LogP contribution >= 0.6 is 0 Å². The number of benzene rings is 2. The zero-order valence-electron chi connectivity index (χ0n) is 16.4. The Morgan fingerprint density at radius 2 is 1.78 bits per heavy atom. The van der Waals surface area contributed by atoms with Crippen LogP contribution in [0.5, 0.6) is 5.75 Å². The second-order valence-electron chi connectivity index (χ2n) is 7.84. The van der Waals surface area contributed by atoms with Crippen molar-refractivity contribution in [2.24, 2.45) is 5.92 Å². The van der Waals surface area contributed by atoms with Gasteiger partial charge in [-0.25, -0.2) is 4.79 Å². The van der Waals surface area contributed by atoms with E-state index in [-0.39, 0.29) is 5.56 Å². The molecule has 1 aliphatic carbocycles. The molecule has 0 bridgehead atoms. The second-order valence-corrected chi connectivity index (χ2v) is 7.84. The van der Waals surface area contributed by atoms with E-state index in [4.69, 9.17) is 4.74 Å². The molecule has 0 amide bonds. The predicted octanol–water partition coefficient (Wildman–Crippen LogP) is 6.35. The van der Waals surface area contributed by atoms with Crippen molar-refractivity contribution < 1.29 is 14.6 Å². The molecule has 3 heteroatoms. The zero-order chi connectivity index (χ0) is 19.2. The van der Waals surface area contributed by atoms with E-state index in [0.717, 1.165) is 17.0 Å². The van der Waals surface area contributed by atoms with Crippen LogP contribution in [0.2, 0.25) is 0 Å². The zero-order valence-corrected chi connectivity index (χ0v) is 16.4. The normalized spacial score (nSPS) is 19.6. The number of carboxylic acid groups (broad SMARTS) is 1. The Bertz CT molecular complexity index is 756. The van der Waals surface area contributed by atoms with Gasteiger partial charge >= 0.3 is 5.97 Å². The van der Waals surface area contributed by atoms with Gasteiger partial charge in [-0.1, -0.05) is 55.7 Å². The molecule has 0 aliphatic heterocycles. The Morgan fingerprint density at radius 3 is 2.41 bits per heavy atom. The Hall–Kier alpha value is -2.29. The van der Waals surface area contributed by atoms with Gasteiger partial charge in [0.05, 0.1) is 0 Å². The molecule has 0 unspecified atom stereocenters. The number of hydrogen-bond acceptors (Lipinski definition) is 2. The minimum Gasteiger partial charge on any atom is -0.488 e. The topological polar surface area (TPSA) is 46.5 Å². The van der Waals surface area contributed by atoms with Gasteiger partial charge in [0.2, 0.25) is 0 Å². The lowest BCUT2D eigenvalue weighted by Crippen LogP contribution is -2.13. The Labute approximate surface area is 162 Å². The maximum Gasteiger partial charge on any atom is 0.339 e. The quantitative estimate of drug-likeness (QED) is 0.621. The van der Waals surface area contributed by atoms with E-state index >= 15 is 0 Å². The highest BCUT2D eigenvalue weighted by molar-refractivity contribution is 5.91. The molecule has 1 fully saturated rings. The monoisotopic (exact) mass is 366 g/mol. The van der Waals surface area contributed by atoms with Crippen LogP contribution in [0.15, 0.2) is 42.5 Å². The van der Waals surface area contributed by atoms with Crippen molar-refractivity contribution >= 4 is 5.97 Å². The van der Waals surface area contributed by atoms with E-state index in [0.29, 0.717) is 18.3 Å². The van der Waals surface area contributed by atoms with Gasteiger partial charge in [0.15, 0.2) is 0 Å². The van der Waals surface area contributed by atoms with Gasteiger partial charge < -0.3 is 9.84 Å². The fourth-order valence-electron chi connectivity index (χ4n) is 4.18. The number of carbonyl (C=O) groups is 1. The number of carboxylic acids is 1. The summed E-state index contributed by atoms with van der Waals surface area (Å²) >= 11 is 0. The van der Waals surface area contributed by atoms with E-state index in [2.05, 4.69) is 31.2 Å². The van der Waals surface area contributed by atoms with Gasteiger partial charge in [0.1, 0.15) is 17.9 Å². The SMILES string of the molecule is CCCC1CCC(c2ccc(COc3ccc(C)cc3C(=O)O)cc2)CC1. The first-order chi connectivity index (χ1) is 13.1. The van der Waals surface area contributed by atoms with Gasteiger partial charge in [-0.3, -0.25) is 0 Å². The molecule has 144 valence electrons. The first kappa shape index (κ1) is 19.5. The lowest BCUT2D eigenvalue weighted by Gasteiger charge is -2.28. The van der Waals surface area contributed by atoms with Crippen LogP contribution < -0.4 is 4.74 Å². The highest BCUT2D eigenvalue weighted by Crippen LogP contribution is 2.37. The van der Waals surface area contributed by atoms with E-state index in [9.17, 15) is 9.90 Å². The van der Waals surface area contributed by atoms with Crippen LogP contribution in [0.3, 0.4) is 0 Å². The fraction of sp³-hybridized carbons (Fsp3) is 0.458. The molecule has 0 heterocycles. The van der Waals surface area contributed by atoms with Gasteiger partial charge in [0, 0.05) is 0 Å². The molecule has 0 spiro atoms. The molecule has 27 heavy (non-hydrogen) atoms. The van der Waals surface area contributed by atoms with Crippen LogP contribution in [-0.2, 0) is 6.61 Å². The fourth-order valence-corrected chi connectivity index (χ4v) is 4.18. The summed E-state index contributed by atoms with van der Waals surface area (Å²) in [7, 11) is 0. The third kappa shape index (κ3) is 5.12. The molecule has 0 saturated heterocycles. The van der Waals surface area contributed by atoms with Crippen molar-refractivity contribution in [2.75, 3.05) is 0 Å². The molecule has 1 aliphatic rings. The highest BCUT2D eigenvalue weighted by Gasteiger charge is 2.21. The van der Waals surface area contributed by atoms with E-state index in [1.807, 2.05) is 13.0 Å². The number of aromatic carboxylic acids is 1. The average molecular weight is 367 g/mol. The number of rotatable bonds is 7. The smallest absolute Gasteiger partial charge is 0.339 e. The highest BCUT2D eigenvalue weighted by atomic mass is 16.5. The minimum absolute atomic E-state index is 0.218. The number of hydrogen-bond donors (Lipinski definition) is 1. The van der Waals surface area contributed by atoms with Crippen LogP contribution in [-0.4, -0.2) is 11.1 Å². The van der Waals surface area contributed by atoms with Gasteiger partial charge in [-0.05, 0) is 67.7 Å². The Kier molecular flexibility index (Phi) is 6.54. The van der Waals surface area contributed by atoms with Gasteiger partial charge in [0.25, 0.3) is 0 Å². The van der Waals surface area contributed by atoms with Gasteiger partial charge in [-0.2, -0.15) is 0 Å². The molecule has 0 atom stereocenters. The third-order valence-corrected chi connectivity index (χ3v) is 5.75. The lowest BCUT2D eigenvalue weighted by atomic mass is 9.77. The summed E-state index contributed by atoms with van der Waals surface area (Å²) in [4.78, 5) is 11.4. The van der Waals surface area contributed by atoms with E-state index in [1.165, 1.54) is 44.1 Å². The van der Waals surface area contributed by atoms with Crippen molar-refractivity contribution in [3.05, 3.63) is 64.7 Å². The van der Waals surface area contributed by atoms with E-state index < -0.39 is 5.97 Å². The average Bonchev–Trinajstić information content (AvgIpc) is 2.68. The molecular weight excluding hydrogens is 336 g/mol. The summed E-state index contributed by atoms with van der Waals surface area (Å²) in [6, 6.07) is 13.9. The predicted molar refractivity (Wildman–Crippen MR) is 109 cm³/mol. The standard InChI is InChI=1S/C24H30O3/c1-3-4-18-6-10-20(11-7-18)21-12-8-19(9-13-21)16-27-23-14-5-17(2)15-22(23)24(25)26/h5,8-9,12-15,18,20H,3-4,6-7,10-11,16H2,1-2H3,(H,25,26). The third-order valence-electron chi connectivity index (χ3n) is 5.75. The molecule has 2 aromatic rings. The molecule has 2 aromatic carbocycles. The van der Waals surface area contributed by atoms with Crippen molar-refractivity contribution in [1.82, 2.24) is 0 Å². The summed E-state index contributed by atoms with van der Waals surface area (Å²) in [5.74, 6) is 1.08. The summed E-state index contributed by atoms with van der Waals surface area (Å²) in [5, 5.41) is 9.34. The Balaban J connectivity index is 1.58. The molecule has 3 rings (SSSR count). The van der Waals surface area contributed by atoms with Crippen molar-refractivity contribution in [3.63, 3.8) is 0 Å². The largest absolute Gasteiger partial charge is 0.488 e. The Morgan fingerprint density at radius 1 is 1.07 bits per heavy atom. The van der Waals surface area contributed by atoms with Crippen molar-refractivity contribution in [2.45, 2.75) is 64.9 Å². The summed E-state index contributed by atoms with van der Waals surface area (Å²) in [6.45, 7) is 4.54.